The van der Waals surface area contributed by atoms with Crippen molar-refractivity contribution in [2.75, 3.05) is 13.2 Å². The van der Waals surface area contributed by atoms with Gasteiger partial charge in [-0.3, -0.25) is 4.90 Å². The summed E-state index contributed by atoms with van der Waals surface area (Å²) in [7, 11) is 0. The first kappa shape index (κ1) is 13.2. The first-order chi connectivity index (χ1) is 6.54. The molecule has 0 N–H and O–H groups in total. The third-order valence-electron chi connectivity index (χ3n) is 1.81. The maximum atomic E-state index is 10.8. The zero-order chi connectivity index (χ0) is 11.1. The van der Waals surface area contributed by atoms with E-state index in [1.54, 1.807) is 27.7 Å². The number of rotatable bonds is 6. The van der Waals surface area contributed by atoms with Gasteiger partial charge < -0.3 is 9.47 Å². The molecule has 1 radical (unpaired) electrons. The molecule has 0 fully saturated rings. The second-order valence-corrected chi connectivity index (χ2v) is 2.78. The van der Waals surface area contributed by atoms with Crippen LogP contribution in [0.2, 0.25) is 0 Å². The highest BCUT2D eigenvalue weighted by molar-refractivity contribution is 5.64. The molecule has 14 heavy (non-hydrogen) atoms. The van der Waals surface area contributed by atoms with Gasteiger partial charge in [0, 0.05) is 13.2 Å². The predicted molar refractivity (Wildman–Crippen MR) is 50.1 cm³/mol. The number of hydrogen-bond acceptors (Lipinski definition) is 3. The number of hydrogen-bond donors (Lipinski definition) is 0. The van der Waals surface area contributed by atoms with Crippen molar-refractivity contribution in [1.82, 2.24) is 4.90 Å². The van der Waals surface area contributed by atoms with Gasteiger partial charge in [0.2, 0.25) is 0 Å². The minimum absolute atomic E-state index is 0.448. The summed E-state index contributed by atoms with van der Waals surface area (Å²) in [6.07, 6.45) is -2.38. The Balaban J connectivity index is 4.33. The highest BCUT2D eigenvalue weighted by Crippen LogP contribution is 2.09. The normalized spacial score (nSPS) is 14.9. The fourth-order valence-electron chi connectivity index (χ4n) is 1.24. The van der Waals surface area contributed by atoms with E-state index in [1.807, 2.05) is 0 Å². The van der Waals surface area contributed by atoms with Crippen molar-refractivity contribution in [3.8, 4) is 0 Å². The summed E-state index contributed by atoms with van der Waals surface area (Å²) in [6, 6.07) is 0. The summed E-state index contributed by atoms with van der Waals surface area (Å²) in [4.78, 5) is 11.8. The molecule has 0 aromatic heterocycles. The molecule has 0 bridgehead atoms. The standard InChI is InChI=1S/C9H18NO4/c1-5-13-7(3)10(9(11)12)8(4)14-6-2/h7-8H,5-6H2,1-4H3. The quantitative estimate of drug-likeness (QED) is 0.617. The number of nitrogens with zero attached hydrogens (tertiary/aromatic N) is 1. The van der Waals surface area contributed by atoms with E-state index in [9.17, 15) is 9.90 Å². The summed E-state index contributed by atoms with van der Waals surface area (Å²) in [5.74, 6) is 0. The van der Waals surface area contributed by atoms with Gasteiger partial charge in [-0.1, -0.05) is 0 Å². The first-order valence-electron chi connectivity index (χ1n) is 4.77. The molecule has 0 aliphatic heterocycles. The van der Waals surface area contributed by atoms with Crippen LogP contribution in [0.5, 0.6) is 0 Å². The largest absolute Gasteiger partial charge is 0.457 e. The molecule has 0 saturated carbocycles. The van der Waals surface area contributed by atoms with Crippen LogP contribution in [-0.4, -0.2) is 36.7 Å². The van der Waals surface area contributed by atoms with E-state index in [0.29, 0.717) is 13.2 Å². The lowest BCUT2D eigenvalue weighted by molar-refractivity contribution is -0.121. The number of amides is 1. The smallest absolute Gasteiger partial charge is 0.359 e. The minimum Gasteiger partial charge on any atom is -0.359 e. The zero-order valence-corrected chi connectivity index (χ0v) is 9.15. The average Bonchev–Trinajstić information content (AvgIpc) is 2.04. The molecule has 0 saturated heterocycles. The highest BCUT2D eigenvalue weighted by atomic mass is 16.5. The van der Waals surface area contributed by atoms with Crippen LogP contribution in [0.25, 0.3) is 0 Å². The van der Waals surface area contributed by atoms with Crippen LogP contribution in [0.15, 0.2) is 0 Å². The summed E-state index contributed by atoms with van der Waals surface area (Å²) in [5, 5.41) is 10.8. The van der Waals surface area contributed by atoms with Gasteiger partial charge in [0.1, 0.15) is 12.5 Å². The van der Waals surface area contributed by atoms with Crippen molar-refractivity contribution in [2.45, 2.75) is 40.2 Å². The van der Waals surface area contributed by atoms with E-state index in [4.69, 9.17) is 9.47 Å². The van der Waals surface area contributed by atoms with Crippen LogP contribution in [0, 0.1) is 0 Å². The Bertz CT molecular complexity index is 162. The van der Waals surface area contributed by atoms with Gasteiger partial charge in [0.25, 0.3) is 0 Å². The molecular weight excluding hydrogens is 186 g/mol. The van der Waals surface area contributed by atoms with Crippen molar-refractivity contribution in [3.63, 3.8) is 0 Å². The number of carbonyl (C=O) groups excluding carboxylic acids is 1. The van der Waals surface area contributed by atoms with Crippen molar-refractivity contribution < 1.29 is 19.4 Å². The SMILES string of the molecule is CCOC(C)N(C([O])=O)C(C)OCC. The minimum atomic E-state index is -1.29. The van der Waals surface area contributed by atoms with Gasteiger partial charge in [0.05, 0.1) is 0 Å². The Labute approximate surface area is 84.6 Å². The lowest BCUT2D eigenvalue weighted by atomic mass is 10.4. The van der Waals surface area contributed by atoms with Crippen molar-refractivity contribution in [3.05, 3.63) is 0 Å². The fourth-order valence-corrected chi connectivity index (χ4v) is 1.24. The van der Waals surface area contributed by atoms with Gasteiger partial charge in [-0.15, -0.1) is 0 Å². The Kier molecular flexibility index (Phi) is 6.23. The van der Waals surface area contributed by atoms with Crippen LogP contribution in [0.1, 0.15) is 27.7 Å². The third-order valence-corrected chi connectivity index (χ3v) is 1.81. The molecule has 0 aromatic carbocycles. The third kappa shape index (κ3) is 3.93. The van der Waals surface area contributed by atoms with E-state index < -0.39 is 18.5 Å². The van der Waals surface area contributed by atoms with E-state index in [1.165, 1.54) is 0 Å². The molecule has 2 atom stereocenters. The van der Waals surface area contributed by atoms with Crippen LogP contribution in [0.4, 0.5) is 4.79 Å². The van der Waals surface area contributed by atoms with Gasteiger partial charge in [-0.05, 0) is 27.7 Å². The number of ether oxygens (including phenoxy) is 2. The molecule has 0 aromatic rings. The first-order valence-corrected chi connectivity index (χ1v) is 4.77. The fraction of sp³-hybridized carbons (Fsp3) is 0.889. The molecule has 0 heterocycles. The van der Waals surface area contributed by atoms with E-state index in [2.05, 4.69) is 0 Å². The van der Waals surface area contributed by atoms with E-state index >= 15 is 0 Å². The molecule has 0 spiro atoms. The number of carbonyl (C=O) groups is 1. The monoisotopic (exact) mass is 204 g/mol. The molecule has 83 valence electrons. The van der Waals surface area contributed by atoms with Crippen molar-refractivity contribution in [1.29, 1.82) is 0 Å². The molecule has 5 heteroatoms. The predicted octanol–water partition coefficient (Wildman–Crippen LogP) is 1.60. The lowest BCUT2D eigenvalue weighted by Crippen LogP contribution is -2.46. The Morgan fingerprint density at radius 2 is 1.50 bits per heavy atom. The molecule has 5 nitrogen and oxygen atoms in total. The van der Waals surface area contributed by atoms with Gasteiger partial charge >= 0.3 is 6.09 Å². The summed E-state index contributed by atoms with van der Waals surface area (Å²) >= 11 is 0. The second kappa shape index (κ2) is 6.62. The van der Waals surface area contributed by atoms with Crippen molar-refractivity contribution in [2.24, 2.45) is 0 Å². The Morgan fingerprint density at radius 1 is 1.14 bits per heavy atom. The topological polar surface area (TPSA) is 58.7 Å². The molecule has 1 amide bonds. The summed E-state index contributed by atoms with van der Waals surface area (Å²) in [5.41, 5.74) is 0. The van der Waals surface area contributed by atoms with E-state index in [0.717, 1.165) is 4.90 Å². The van der Waals surface area contributed by atoms with Crippen LogP contribution in [0.3, 0.4) is 0 Å². The molecule has 0 aliphatic rings. The van der Waals surface area contributed by atoms with Gasteiger partial charge in [-0.25, -0.2) is 9.90 Å². The van der Waals surface area contributed by atoms with Crippen LogP contribution < -0.4 is 0 Å². The maximum Gasteiger partial charge on any atom is 0.457 e. The maximum absolute atomic E-state index is 10.8. The lowest BCUT2D eigenvalue weighted by Gasteiger charge is -2.30. The highest BCUT2D eigenvalue weighted by Gasteiger charge is 2.26. The molecule has 0 aliphatic carbocycles. The molecule has 2 unspecified atom stereocenters. The van der Waals surface area contributed by atoms with Gasteiger partial charge in [0.15, 0.2) is 0 Å². The second-order valence-electron chi connectivity index (χ2n) is 2.78. The van der Waals surface area contributed by atoms with Crippen LogP contribution >= 0.6 is 0 Å². The Hall–Kier alpha value is -0.810. The molecular formula is C9H18NO4. The van der Waals surface area contributed by atoms with Crippen LogP contribution in [-0.2, 0) is 14.6 Å². The zero-order valence-electron chi connectivity index (χ0n) is 9.15. The average molecular weight is 204 g/mol. The van der Waals surface area contributed by atoms with E-state index in [-0.39, 0.29) is 0 Å². The summed E-state index contributed by atoms with van der Waals surface area (Å²) in [6.45, 7) is 7.79. The Morgan fingerprint density at radius 3 is 1.71 bits per heavy atom. The van der Waals surface area contributed by atoms with Crippen molar-refractivity contribution >= 4 is 6.09 Å². The van der Waals surface area contributed by atoms with Gasteiger partial charge in [-0.2, -0.15) is 0 Å². The summed E-state index contributed by atoms with van der Waals surface area (Å²) < 4.78 is 10.3. The molecule has 0 rings (SSSR count).